The van der Waals surface area contributed by atoms with Gasteiger partial charge in [-0.25, -0.2) is 15.0 Å². The first kappa shape index (κ1) is 31.9. The summed E-state index contributed by atoms with van der Waals surface area (Å²) >= 11 is 0. The second kappa shape index (κ2) is 13.3. The molecule has 4 heterocycles. The molecule has 47 heavy (non-hydrogen) atoms. The lowest BCUT2D eigenvalue weighted by Gasteiger charge is -2.45. The Hall–Kier alpha value is -5.07. The molecule has 6 rings (SSSR count). The fourth-order valence-electron chi connectivity index (χ4n) is 6.61. The Kier molecular flexibility index (Phi) is 9.06. The summed E-state index contributed by atoms with van der Waals surface area (Å²) in [6, 6.07) is 16.9. The van der Waals surface area contributed by atoms with Gasteiger partial charge in [0.15, 0.2) is 5.82 Å². The minimum absolute atomic E-state index is 0.121. The number of aromatic nitrogens is 4. The Morgan fingerprint density at radius 3 is 2.60 bits per heavy atom. The standard InChI is InChI=1S/C36H39N9O2/c1-4-30(46)36(2,3)43-21-19-42(20-22-43)17-9-12-25-11-8-15-28-31(25)35(47)45(26-13-6-5-7-14-26)34(41-28)29-16-10-18-44(29)33-27(23-37)32(38)39-24-40-33/h4-8,11,13-15,24,29-30,46H,1,10,16-22H2,2-3H3,(H2,38,39,40)/t29-,30?/m0/s1. The summed E-state index contributed by atoms with van der Waals surface area (Å²) in [7, 11) is 0. The zero-order valence-electron chi connectivity index (χ0n) is 26.8. The van der Waals surface area contributed by atoms with Gasteiger partial charge in [0.25, 0.3) is 5.56 Å². The molecule has 2 aliphatic rings. The van der Waals surface area contributed by atoms with Crippen LogP contribution in [0.5, 0.6) is 0 Å². The molecular weight excluding hydrogens is 590 g/mol. The van der Waals surface area contributed by atoms with Crippen molar-refractivity contribution in [2.45, 2.75) is 44.4 Å². The largest absolute Gasteiger partial charge is 0.387 e. The van der Waals surface area contributed by atoms with Crippen LogP contribution >= 0.6 is 0 Å². The first-order chi connectivity index (χ1) is 22.7. The molecular formula is C36H39N9O2. The number of para-hydroxylation sites is 1. The van der Waals surface area contributed by atoms with Crippen LogP contribution < -0.4 is 16.2 Å². The monoisotopic (exact) mass is 629 g/mol. The lowest BCUT2D eigenvalue weighted by atomic mass is 9.94. The van der Waals surface area contributed by atoms with Crippen molar-refractivity contribution < 1.29 is 5.11 Å². The predicted molar refractivity (Wildman–Crippen MR) is 183 cm³/mol. The molecule has 2 aliphatic heterocycles. The third-order valence-corrected chi connectivity index (χ3v) is 9.39. The van der Waals surface area contributed by atoms with Crippen molar-refractivity contribution >= 4 is 22.5 Å². The van der Waals surface area contributed by atoms with Gasteiger partial charge < -0.3 is 15.7 Å². The Labute approximate surface area is 274 Å². The number of nitrogens with two attached hydrogens (primary N) is 1. The van der Waals surface area contributed by atoms with E-state index in [0.29, 0.717) is 46.9 Å². The van der Waals surface area contributed by atoms with Gasteiger partial charge in [0.2, 0.25) is 0 Å². The molecule has 0 saturated carbocycles. The van der Waals surface area contributed by atoms with E-state index in [1.54, 1.807) is 10.6 Å². The maximum Gasteiger partial charge on any atom is 0.267 e. The van der Waals surface area contributed by atoms with Gasteiger partial charge in [-0.15, -0.1) is 6.58 Å². The summed E-state index contributed by atoms with van der Waals surface area (Å²) in [6.07, 6.45) is 3.89. The minimum Gasteiger partial charge on any atom is -0.387 e. The van der Waals surface area contributed by atoms with Crippen molar-refractivity contribution in [3.63, 3.8) is 0 Å². The maximum absolute atomic E-state index is 14.5. The molecule has 0 spiro atoms. The Balaban J connectivity index is 1.35. The lowest BCUT2D eigenvalue weighted by Crippen LogP contribution is -2.58. The number of piperazine rings is 1. The quantitative estimate of drug-likeness (QED) is 0.231. The van der Waals surface area contributed by atoms with E-state index in [0.717, 1.165) is 39.0 Å². The van der Waals surface area contributed by atoms with Crippen molar-refractivity contribution in [2.24, 2.45) is 0 Å². The minimum atomic E-state index is -0.605. The molecule has 240 valence electrons. The van der Waals surface area contributed by atoms with Crippen LogP contribution in [-0.4, -0.2) is 85.3 Å². The summed E-state index contributed by atoms with van der Waals surface area (Å²) in [5.74, 6) is 7.72. The SMILES string of the molecule is C=CC(O)C(C)(C)N1CCN(CC#Cc2cccc3nc([C@@H]4CCCN4c4ncnc(N)c4C#N)n(-c4ccccc4)c(=O)c23)CC1. The van der Waals surface area contributed by atoms with Gasteiger partial charge in [-0.05, 0) is 51.0 Å². The smallest absolute Gasteiger partial charge is 0.267 e. The van der Waals surface area contributed by atoms with E-state index in [1.165, 1.54) is 6.33 Å². The number of benzene rings is 2. The third kappa shape index (κ3) is 6.09. The van der Waals surface area contributed by atoms with Gasteiger partial charge in [0.1, 0.15) is 29.6 Å². The summed E-state index contributed by atoms with van der Waals surface area (Å²) in [6.45, 7) is 12.3. The molecule has 1 unspecified atom stereocenters. The number of hydrogen-bond donors (Lipinski definition) is 2. The van der Waals surface area contributed by atoms with Crippen LogP contribution in [0.3, 0.4) is 0 Å². The van der Waals surface area contributed by atoms with E-state index in [1.807, 2.05) is 67.3 Å². The van der Waals surface area contributed by atoms with Crippen molar-refractivity contribution in [3.8, 4) is 23.6 Å². The number of fused-ring (bicyclic) bond motifs is 1. The number of aliphatic hydroxyl groups excluding tert-OH is 1. The molecule has 0 amide bonds. The topological polar surface area (TPSA) is 140 Å². The van der Waals surface area contributed by atoms with E-state index in [2.05, 4.69) is 44.3 Å². The predicted octanol–water partition coefficient (Wildman–Crippen LogP) is 3.27. The fourth-order valence-corrected chi connectivity index (χ4v) is 6.61. The van der Waals surface area contributed by atoms with Crippen molar-refractivity contribution in [1.29, 1.82) is 5.26 Å². The Morgan fingerprint density at radius 2 is 1.87 bits per heavy atom. The molecule has 0 radical (unpaired) electrons. The molecule has 0 bridgehead atoms. The number of nitrogens with zero attached hydrogens (tertiary/aromatic N) is 8. The molecule has 11 nitrogen and oxygen atoms in total. The Bertz CT molecular complexity index is 1950. The second-order valence-electron chi connectivity index (χ2n) is 12.5. The number of rotatable bonds is 7. The van der Waals surface area contributed by atoms with Gasteiger partial charge in [0.05, 0.1) is 35.3 Å². The number of hydrogen-bond acceptors (Lipinski definition) is 10. The molecule has 2 fully saturated rings. The molecule has 2 saturated heterocycles. The van der Waals surface area contributed by atoms with Crippen LogP contribution in [0.2, 0.25) is 0 Å². The average molecular weight is 630 g/mol. The van der Waals surface area contributed by atoms with Gasteiger partial charge in [-0.1, -0.05) is 42.2 Å². The molecule has 11 heteroatoms. The van der Waals surface area contributed by atoms with Crippen molar-refractivity contribution in [2.75, 3.05) is 49.9 Å². The van der Waals surface area contributed by atoms with Gasteiger partial charge in [-0.2, -0.15) is 5.26 Å². The van der Waals surface area contributed by atoms with Crippen molar-refractivity contribution in [1.82, 2.24) is 29.3 Å². The van der Waals surface area contributed by atoms with Crippen LogP contribution in [-0.2, 0) is 0 Å². The van der Waals surface area contributed by atoms with Gasteiger partial charge in [0, 0.05) is 43.8 Å². The van der Waals surface area contributed by atoms with E-state index in [4.69, 9.17) is 10.7 Å². The van der Waals surface area contributed by atoms with Gasteiger partial charge in [-0.3, -0.25) is 19.2 Å². The van der Waals surface area contributed by atoms with Crippen LogP contribution in [0.4, 0.5) is 11.6 Å². The molecule has 0 aliphatic carbocycles. The molecule has 2 atom stereocenters. The Morgan fingerprint density at radius 1 is 1.11 bits per heavy atom. The van der Waals surface area contributed by atoms with Crippen LogP contribution in [0.1, 0.15) is 49.7 Å². The maximum atomic E-state index is 14.5. The number of aliphatic hydroxyl groups is 1. The first-order valence-corrected chi connectivity index (χ1v) is 15.9. The van der Waals surface area contributed by atoms with Crippen LogP contribution in [0.25, 0.3) is 16.6 Å². The van der Waals surface area contributed by atoms with E-state index in [9.17, 15) is 15.2 Å². The molecule has 2 aromatic carbocycles. The highest BCUT2D eigenvalue weighted by molar-refractivity contribution is 5.85. The average Bonchev–Trinajstić information content (AvgIpc) is 3.58. The second-order valence-corrected chi connectivity index (χ2v) is 12.5. The number of anilines is 2. The molecule has 2 aromatic heterocycles. The van der Waals surface area contributed by atoms with Gasteiger partial charge >= 0.3 is 0 Å². The van der Waals surface area contributed by atoms with E-state index in [-0.39, 0.29) is 28.5 Å². The highest BCUT2D eigenvalue weighted by atomic mass is 16.3. The molecule has 4 aromatic rings. The zero-order chi connectivity index (χ0) is 33.1. The van der Waals surface area contributed by atoms with Crippen LogP contribution in [0, 0.1) is 23.2 Å². The zero-order valence-corrected chi connectivity index (χ0v) is 26.8. The van der Waals surface area contributed by atoms with Crippen LogP contribution in [0.15, 0.2) is 72.3 Å². The fraction of sp³-hybridized carbons (Fsp3) is 0.361. The highest BCUT2D eigenvalue weighted by Crippen LogP contribution is 2.37. The third-order valence-electron chi connectivity index (χ3n) is 9.39. The summed E-state index contributed by atoms with van der Waals surface area (Å²) in [4.78, 5) is 34.6. The summed E-state index contributed by atoms with van der Waals surface area (Å²) in [5.41, 5.74) is 7.56. The summed E-state index contributed by atoms with van der Waals surface area (Å²) in [5, 5.41) is 20.7. The number of nitrogen functional groups attached to an aromatic ring is 1. The molecule has 3 N–H and O–H groups in total. The van der Waals surface area contributed by atoms with E-state index < -0.39 is 6.10 Å². The first-order valence-electron chi connectivity index (χ1n) is 15.9. The number of nitriles is 1. The van der Waals surface area contributed by atoms with Crippen molar-refractivity contribution in [3.05, 3.63) is 94.8 Å². The lowest BCUT2D eigenvalue weighted by molar-refractivity contribution is -0.0104. The highest BCUT2D eigenvalue weighted by Gasteiger charge is 2.35. The summed E-state index contributed by atoms with van der Waals surface area (Å²) < 4.78 is 1.67. The van der Waals surface area contributed by atoms with E-state index >= 15 is 0 Å². The normalized spacial score (nSPS) is 18.0.